The van der Waals surface area contributed by atoms with Gasteiger partial charge in [-0.3, -0.25) is 10.2 Å². The smallest absolute Gasteiger partial charge is 0.356 e. The Morgan fingerprint density at radius 2 is 2.23 bits per heavy atom. The highest BCUT2D eigenvalue weighted by Crippen LogP contribution is 2.41. The van der Waals surface area contributed by atoms with Crippen molar-refractivity contribution in [3.63, 3.8) is 0 Å². The molecule has 1 aliphatic heterocycles. The van der Waals surface area contributed by atoms with E-state index >= 15 is 0 Å². The van der Waals surface area contributed by atoms with Gasteiger partial charge in [-0.2, -0.15) is 0 Å². The number of halogens is 1. The fourth-order valence-corrected chi connectivity index (χ4v) is 3.04. The van der Waals surface area contributed by atoms with E-state index in [-0.39, 0.29) is 16.7 Å². The van der Waals surface area contributed by atoms with E-state index < -0.39 is 12.0 Å². The molecule has 2 aromatic rings. The van der Waals surface area contributed by atoms with Gasteiger partial charge in [0.15, 0.2) is 11.5 Å². The second-order valence-corrected chi connectivity index (χ2v) is 6.46. The quantitative estimate of drug-likeness (QED) is 0.612. The molecule has 1 saturated carbocycles. The molecule has 134 valence electrons. The van der Waals surface area contributed by atoms with Crippen molar-refractivity contribution in [1.82, 2.24) is 15.0 Å². The summed E-state index contributed by atoms with van der Waals surface area (Å²) in [5, 5.41) is 6.27. The van der Waals surface area contributed by atoms with Crippen molar-refractivity contribution in [3.05, 3.63) is 35.4 Å². The van der Waals surface area contributed by atoms with Crippen LogP contribution in [-0.4, -0.2) is 46.6 Å². The Labute approximate surface area is 153 Å². The second kappa shape index (κ2) is 6.41. The Morgan fingerprint density at radius 3 is 3.00 bits per heavy atom. The summed E-state index contributed by atoms with van der Waals surface area (Å²) in [5.41, 5.74) is 0.824. The van der Waals surface area contributed by atoms with Gasteiger partial charge in [0.1, 0.15) is 17.3 Å². The third-order valence-electron chi connectivity index (χ3n) is 4.32. The van der Waals surface area contributed by atoms with Gasteiger partial charge in [-0.15, -0.1) is 0 Å². The number of anilines is 3. The summed E-state index contributed by atoms with van der Waals surface area (Å²) in [6, 6.07) is 4.64. The lowest BCUT2D eigenvalue weighted by Gasteiger charge is -2.23. The number of carbonyl (C=O) groups excluding carboxylic acids is 2. The molecule has 3 heterocycles. The lowest BCUT2D eigenvalue weighted by atomic mass is 10.3. The Bertz CT molecular complexity index is 892. The van der Waals surface area contributed by atoms with Crippen LogP contribution in [0.15, 0.2) is 24.5 Å². The number of pyridine rings is 1. The molecule has 2 aliphatic rings. The second-order valence-electron chi connectivity index (χ2n) is 6.07. The third-order valence-corrected chi connectivity index (χ3v) is 4.53. The first-order valence-corrected chi connectivity index (χ1v) is 8.35. The Morgan fingerprint density at radius 1 is 1.38 bits per heavy atom. The largest absolute Gasteiger partial charge is 0.464 e. The van der Waals surface area contributed by atoms with Crippen LogP contribution in [-0.2, 0) is 4.74 Å². The van der Waals surface area contributed by atoms with Crippen molar-refractivity contribution >= 4 is 40.9 Å². The minimum absolute atomic E-state index is 0.131. The molecule has 9 nitrogen and oxygen atoms in total. The molecule has 1 fully saturated rings. The third kappa shape index (κ3) is 3.13. The number of carbonyl (C=O) groups is 2. The molecular weight excluding hydrogens is 360 g/mol. The Hall–Kier alpha value is -2.94. The van der Waals surface area contributed by atoms with Crippen LogP contribution in [0, 0.1) is 5.92 Å². The number of methoxy groups -OCH3 is 1. The zero-order valence-corrected chi connectivity index (χ0v) is 14.5. The zero-order chi connectivity index (χ0) is 18.3. The molecule has 1 aliphatic carbocycles. The van der Waals surface area contributed by atoms with Crippen molar-refractivity contribution in [1.29, 1.82) is 0 Å². The number of hydrogen-bond acceptors (Lipinski definition) is 7. The topological polar surface area (TPSA) is 109 Å². The fraction of sp³-hybridized carbons (Fsp3) is 0.312. The van der Waals surface area contributed by atoms with Crippen molar-refractivity contribution in [2.75, 3.05) is 29.2 Å². The van der Waals surface area contributed by atoms with Gasteiger partial charge in [-0.25, -0.2) is 24.5 Å². The molecule has 0 saturated heterocycles. The number of rotatable bonds is 2. The summed E-state index contributed by atoms with van der Waals surface area (Å²) in [7, 11) is 1.28. The number of ether oxygens (including phenoxy) is 1. The van der Waals surface area contributed by atoms with Gasteiger partial charge in [0.2, 0.25) is 0 Å². The fourth-order valence-electron chi connectivity index (χ4n) is 2.89. The monoisotopic (exact) mass is 374 g/mol. The highest BCUT2D eigenvalue weighted by Gasteiger charge is 2.43. The first-order valence-electron chi connectivity index (χ1n) is 7.97. The van der Waals surface area contributed by atoms with Gasteiger partial charge < -0.3 is 10.1 Å². The lowest BCUT2D eigenvalue weighted by molar-refractivity contribution is 0.0594. The van der Waals surface area contributed by atoms with Gasteiger partial charge in [-0.1, -0.05) is 11.6 Å². The van der Waals surface area contributed by atoms with E-state index in [1.54, 1.807) is 12.1 Å². The summed E-state index contributed by atoms with van der Waals surface area (Å²) in [5.74, 6) is 0.415. The summed E-state index contributed by atoms with van der Waals surface area (Å²) in [6.45, 7) is 0.479. The normalized spacial score (nSPS) is 20.2. The van der Waals surface area contributed by atoms with E-state index in [1.165, 1.54) is 24.4 Å². The van der Waals surface area contributed by atoms with Gasteiger partial charge >= 0.3 is 12.0 Å². The average molecular weight is 375 g/mol. The molecule has 2 aromatic heterocycles. The molecule has 0 aromatic carbocycles. The maximum atomic E-state index is 12.8. The maximum absolute atomic E-state index is 12.8. The molecule has 4 rings (SSSR count). The van der Waals surface area contributed by atoms with E-state index in [2.05, 4.69) is 25.6 Å². The van der Waals surface area contributed by atoms with Crippen LogP contribution in [0.2, 0.25) is 5.15 Å². The first-order chi connectivity index (χ1) is 12.5. The molecule has 2 atom stereocenters. The minimum atomic E-state index is -0.565. The van der Waals surface area contributed by atoms with Gasteiger partial charge in [0, 0.05) is 18.7 Å². The number of fused-ring (bicyclic) bond motifs is 2. The van der Waals surface area contributed by atoms with E-state index in [4.69, 9.17) is 16.3 Å². The standard InChI is InChI=1S/C16H15ClN6O3/c1-26-15(24)10-3-2-9-14(21-10)23(6-8-4-11(8)20-9)16(25)22-13-5-12(17)18-7-19-13/h2-3,5,7-8,11,20H,4,6H2,1H3,(H,18,19,22,25). The summed E-state index contributed by atoms with van der Waals surface area (Å²) < 4.78 is 4.72. The number of nitrogens with zero attached hydrogens (tertiary/aromatic N) is 4. The number of amides is 2. The van der Waals surface area contributed by atoms with Crippen molar-refractivity contribution in [3.8, 4) is 0 Å². The van der Waals surface area contributed by atoms with Crippen molar-refractivity contribution < 1.29 is 14.3 Å². The predicted molar refractivity (Wildman–Crippen MR) is 94.5 cm³/mol. The summed E-state index contributed by atoms with van der Waals surface area (Å²) in [6.07, 6.45) is 2.24. The van der Waals surface area contributed by atoms with Gasteiger partial charge in [-0.05, 0) is 24.5 Å². The number of hydrogen-bond donors (Lipinski definition) is 2. The van der Waals surface area contributed by atoms with Crippen molar-refractivity contribution in [2.45, 2.75) is 12.5 Å². The zero-order valence-electron chi connectivity index (χ0n) is 13.8. The van der Waals surface area contributed by atoms with Crippen LogP contribution >= 0.6 is 11.6 Å². The van der Waals surface area contributed by atoms with Gasteiger partial charge in [0.05, 0.1) is 12.8 Å². The summed E-state index contributed by atoms with van der Waals surface area (Å²) >= 11 is 5.83. The van der Waals surface area contributed by atoms with Crippen LogP contribution in [0.5, 0.6) is 0 Å². The van der Waals surface area contributed by atoms with E-state index in [9.17, 15) is 9.59 Å². The number of urea groups is 1. The van der Waals surface area contributed by atoms with Crippen LogP contribution in [0.25, 0.3) is 0 Å². The predicted octanol–water partition coefficient (Wildman–Crippen LogP) is 2.16. The molecule has 2 amide bonds. The van der Waals surface area contributed by atoms with E-state index in [0.717, 1.165) is 6.42 Å². The molecule has 2 N–H and O–H groups in total. The molecular formula is C16H15ClN6O3. The van der Waals surface area contributed by atoms with E-state index in [1.807, 2.05) is 0 Å². The molecule has 0 bridgehead atoms. The first kappa shape index (κ1) is 16.5. The molecule has 10 heteroatoms. The molecule has 0 radical (unpaired) electrons. The maximum Gasteiger partial charge on any atom is 0.356 e. The van der Waals surface area contributed by atoms with E-state index in [0.29, 0.717) is 30.0 Å². The van der Waals surface area contributed by atoms with Gasteiger partial charge in [0.25, 0.3) is 0 Å². The van der Waals surface area contributed by atoms with Crippen molar-refractivity contribution in [2.24, 2.45) is 5.92 Å². The minimum Gasteiger partial charge on any atom is -0.464 e. The average Bonchev–Trinajstić information content (AvgIpc) is 3.37. The molecule has 26 heavy (non-hydrogen) atoms. The number of aromatic nitrogens is 3. The summed E-state index contributed by atoms with van der Waals surface area (Å²) in [4.78, 5) is 38.2. The highest BCUT2D eigenvalue weighted by molar-refractivity contribution is 6.29. The number of nitrogens with one attached hydrogen (secondary N) is 2. The molecule has 0 spiro atoms. The highest BCUT2D eigenvalue weighted by atomic mass is 35.5. The van der Waals surface area contributed by atoms with Crippen LogP contribution in [0.1, 0.15) is 16.9 Å². The number of esters is 1. The van der Waals surface area contributed by atoms with Crippen LogP contribution in [0.3, 0.4) is 0 Å². The van der Waals surface area contributed by atoms with Crippen LogP contribution in [0.4, 0.5) is 22.1 Å². The van der Waals surface area contributed by atoms with Crippen LogP contribution < -0.4 is 15.5 Å². The molecule has 2 unspecified atom stereocenters. The Balaban J connectivity index is 1.66. The SMILES string of the molecule is COC(=O)c1ccc2c(n1)N(C(=O)Nc1cc(Cl)ncn1)CC1CC1N2. The lowest BCUT2D eigenvalue weighted by Crippen LogP contribution is -2.37. The Kier molecular flexibility index (Phi) is 4.08.